The predicted octanol–water partition coefficient (Wildman–Crippen LogP) is 7.95. The van der Waals surface area contributed by atoms with E-state index in [1.165, 1.54) is 17.5 Å². The summed E-state index contributed by atoms with van der Waals surface area (Å²) >= 11 is 1.42. The van der Waals surface area contributed by atoms with E-state index in [0.29, 0.717) is 58.6 Å². The van der Waals surface area contributed by atoms with Crippen LogP contribution in [0.1, 0.15) is 82.8 Å². The van der Waals surface area contributed by atoms with Crippen LogP contribution >= 0.6 is 11.3 Å². The molecule has 0 radical (unpaired) electrons. The largest absolute Gasteiger partial charge is 0.476 e. The number of para-hydroxylation sites is 1. The molecule has 0 spiro atoms. The van der Waals surface area contributed by atoms with E-state index in [1.54, 1.807) is 17.0 Å². The number of nitrogens with one attached hydrogen (secondary N) is 1. The summed E-state index contributed by atoms with van der Waals surface area (Å²) in [7, 11) is 1.98. The second kappa shape index (κ2) is 13.8. The van der Waals surface area contributed by atoms with Gasteiger partial charge >= 0.3 is 12.0 Å². The molecule has 284 valence electrons. The first-order valence-electron chi connectivity index (χ1n) is 18.4. The molecule has 7 rings (SSSR count). The fourth-order valence-electron chi connectivity index (χ4n) is 10.2. The van der Waals surface area contributed by atoms with Crippen LogP contribution in [0.4, 0.5) is 21.3 Å². The minimum atomic E-state index is -1.18. The summed E-state index contributed by atoms with van der Waals surface area (Å²) in [6.07, 6.45) is 6.11. The number of amides is 2. The van der Waals surface area contributed by atoms with Crippen molar-refractivity contribution in [2.45, 2.75) is 72.3 Å². The number of hydrogen-bond acceptors (Lipinski definition) is 10. The molecule has 2 bridgehead atoms. The number of fused-ring (bicyclic) bond motifs is 4. The molecule has 0 saturated heterocycles. The highest BCUT2D eigenvalue weighted by Crippen LogP contribution is 2.62. The minimum absolute atomic E-state index is 0.0731. The Morgan fingerprint density at radius 1 is 1.00 bits per heavy atom. The van der Waals surface area contributed by atoms with E-state index < -0.39 is 11.6 Å². The number of likely N-dealkylation sites (N-methyl/N-ethyl adjacent to an activating group) is 1. The number of hydrogen-bond donors (Lipinski definition) is 4. The minimum Gasteiger partial charge on any atom is -0.476 e. The quantitative estimate of drug-likeness (QED) is 0.103. The molecule has 3 atom stereocenters. The third kappa shape index (κ3) is 7.19. The Labute approximate surface area is 320 Å². The van der Waals surface area contributed by atoms with E-state index >= 15 is 0 Å². The highest BCUT2D eigenvalue weighted by Gasteiger charge is 2.58. The number of nitrogens with zero attached hydrogens (tertiary/aromatic N) is 5. The number of carboxylic acids is 1. The molecular formula is C41H50N8O4S. The molecule has 1 aliphatic heterocycles. The second-order valence-electron chi connectivity index (χ2n) is 17.0. The van der Waals surface area contributed by atoms with Crippen molar-refractivity contribution in [2.75, 3.05) is 41.8 Å². The van der Waals surface area contributed by atoms with Crippen LogP contribution in [0.2, 0.25) is 0 Å². The van der Waals surface area contributed by atoms with Gasteiger partial charge < -0.3 is 15.7 Å². The maximum Gasteiger partial charge on any atom is 0.355 e. The van der Waals surface area contributed by atoms with Crippen LogP contribution in [0.15, 0.2) is 65.8 Å². The molecule has 2 aromatic carbocycles. The van der Waals surface area contributed by atoms with Crippen LogP contribution < -0.4 is 26.7 Å². The first-order chi connectivity index (χ1) is 25.5. The number of urea groups is 1. The van der Waals surface area contributed by atoms with Gasteiger partial charge in [0.1, 0.15) is 0 Å². The van der Waals surface area contributed by atoms with Gasteiger partial charge in [0.05, 0.1) is 32.9 Å². The van der Waals surface area contributed by atoms with Crippen molar-refractivity contribution in [1.29, 1.82) is 0 Å². The third-order valence-electron chi connectivity index (χ3n) is 11.3. The van der Waals surface area contributed by atoms with Gasteiger partial charge in [-0.3, -0.25) is 20.0 Å². The summed E-state index contributed by atoms with van der Waals surface area (Å²) in [6, 6.07) is 16.7. The van der Waals surface area contributed by atoms with Gasteiger partial charge in [-0.15, -0.1) is 0 Å². The number of carbonyl (C=O) groups excluding carboxylic acids is 1. The summed E-state index contributed by atoms with van der Waals surface area (Å²) in [5, 5.41) is 13.9. The van der Waals surface area contributed by atoms with Gasteiger partial charge in [0.15, 0.2) is 10.8 Å². The molecule has 54 heavy (non-hydrogen) atoms. The first-order valence-corrected chi connectivity index (χ1v) is 19.2. The SMILES string of the molecule is CC(=NCC1(C)CC2(C)CC(C)(C)CC(ON)(C1)C2)C(=CN)c1ccc(-c2ccc3c(c2)N(C(=O)Nc2nc4ccccc4s2)CCN3C)nc1C(=O)O. The molecule has 2 aliphatic carbocycles. The monoisotopic (exact) mass is 750 g/mol. The normalized spacial score (nSPS) is 25.4. The van der Waals surface area contributed by atoms with Crippen molar-refractivity contribution in [1.82, 2.24) is 9.97 Å². The lowest BCUT2D eigenvalue weighted by Gasteiger charge is -2.60. The Morgan fingerprint density at radius 2 is 1.78 bits per heavy atom. The van der Waals surface area contributed by atoms with Crippen LogP contribution in [0.25, 0.3) is 27.0 Å². The Morgan fingerprint density at radius 3 is 2.50 bits per heavy atom. The van der Waals surface area contributed by atoms with Crippen LogP contribution in [-0.2, 0) is 4.84 Å². The summed E-state index contributed by atoms with van der Waals surface area (Å²) in [4.78, 5) is 50.2. The highest BCUT2D eigenvalue weighted by molar-refractivity contribution is 7.22. The van der Waals surface area contributed by atoms with Crippen LogP contribution in [0.3, 0.4) is 0 Å². The number of rotatable bonds is 8. The molecule has 3 unspecified atom stereocenters. The average molecular weight is 751 g/mol. The van der Waals surface area contributed by atoms with Gasteiger partial charge in [0.2, 0.25) is 0 Å². The number of allylic oxidation sites excluding steroid dienone is 1. The summed E-state index contributed by atoms with van der Waals surface area (Å²) in [6.45, 7) is 12.7. The van der Waals surface area contributed by atoms with Gasteiger partial charge in [0.25, 0.3) is 0 Å². The molecule has 2 aromatic heterocycles. The molecule has 2 fully saturated rings. The van der Waals surface area contributed by atoms with Crippen molar-refractivity contribution in [3.63, 3.8) is 0 Å². The number of carboxylic acid groups (broad SMARTS) is 1. The lowest BCUT2D eigenvalue weighted by molar-refractivity contribution is -0.191. The lowest BCUT2D eigenvalue weighted by atomic mass is 9.48. The van der Waals surface area contributed by atoms with E-state index in [1.807, 2.05) is 56.4 Å². The molecular weight excluding hydrogens is 701 g/mol. The summed E-state index contributed by atoms with van der Waals surface area (Å²) in [5.74, 6) is 4.82. The fourth-order valence-corrected chi connectivity index (χ4v) is 11.0. The number of aromatic nitrogens is 2. The lowest BCUT2D eigenvalue weighted by Crippen LogP contribution is -2.57. The molecule has 6 N–H and O–H groups in total. The van der Waals surface area contributed by atoms with Gasteiger partial charge in [-0.2, -0.15) is 0 Å². The van der Waals surface area contributed by atoms with E-state index in [4.69, 9.17) is 21.5 Å². The van der Waals surface area contributed by atoms with Crippen molar-refractivity contribution in [3.05, 3.63) is 72.1 Å². The van der Waals surface area contributed by atoms with Crippen molar-refractivity contribution in [2.24, 2.45) is 32.9 Å². The summed E-state index contributed by atoms with van der Waals surface area (Å²) in [5.41, 5.74) is 10.7. The maximum atomic E-state index is 13.6. The molecule has 2 saturated carbocycles. The predicted molar refractivity (Wildman–Crippen MR) is 217 cm³/mol. The number of aliphatic imine (C=N–C) groups is 1. The van der Waals surface area contributed by atoms with Crippen LogP contribution in [-0.4, -0.2) is 65.1 Å². The van der Waals surface area contributed by atoms with E-state index in [2.05, 4.69) is 47.9 Å². The average Bonchev–Trinajstić information content (AvgIpc) is 3.52. The Kier molecular flexibility index (Phi) is 9.56. The van der Waals surface area contributed by atoms with Crippen LogP contribution in [0, 0.1) is 16.2 Å². The summed E-state index contributed by atoms with van der Waals surface area (Å²) < 4.78 is 0.987. The molecule has 13 heteroatoms. The number of benzene rings is 2. The van der Waals surface area contributed by atoms with Gasteiger partial charge in [-0.1, -0.05) is 57.2 Å². The number of carbonyl (C=O) groups is 2. The van der Waals surface area contributed by atoms with Gasteiger partial charge in [-0.25, -0.2) is 25.5 Å². The zero-order valence-corrected chi connectivity index (χ0v) is 32.7. The number of thiazole rings is 1. The van der Waals surface area contributed by atoms with Crippen molar-refractivity contribution < 1.29 is 19.5 Å². The van der Waals surface area contributed by atoms with Gasteiger partial charge in [0, 0.05) is 55.3 Å². The number of nitrogens with two attached hydrogens (primary N) is 2. The Hall–Kier alpha value is -4.85. The molecule has 3 aliphatic rings. The first kappa shape index (κ1) is 37.5. The van der Waals surface area contributed by atoms with E-state index in [-0.39, 0.29) is 28.0 Å². The smallest absolute Gasteiger partial charge is 0.355 e. The highest BCUT2D eigenvalue weighted by atomic mass is 32.1. The zero-order valence-electron chi connectivity index (χ0n) is 31.9. The molecule has 4 aromatic rings. The Bertz CT molecular complexity index is 2160. The van der Waals surface area contributed by atoms with Gasteiger partial charge in [-0.05, 0) is 91.7 Å². The number of aromatic carboxylic acids is 1. The Balaban J connectivity index is 1.15. The van der Waals surface area contributed by atoms with Crippen molar-refractivity contribution in [3.8, 4) is 11.3 Å². The third-order valence-corrected chi connectivity index (χ3v) is 12.3. The van der Waals surface area contributed by atoms with E-state index in [0.717, 1.165) is 48.0 Å². The van der Waals surface area contributed by atoms with Crippen molar-refractivity contribution >= 4 is 61.3 Å². The molecule has 3 heterocycles. The fraction of sp³-hybridized carbons (Fsp3) is 0.439. The molecule has 12 nitrogen and oxygen atoms in total. The second-order valence-corrected chi connectivity index (χ2v) is 18.1. The standard InChI is InChI=1S/C41H50N8O4S/c1-25(44-24-40(5)21-39(4)19-38(2,3)20-41(22-39,23-40)53-43)28(18-42)27-12-13-29(45-34(27)35(50)51)26-11-14-31-32(17-26)49(16-15-48(31)6)37(52)47-36-46-30-9-7-8-10-33(30)54-36/h7-14,17-18H,15-16,19-24,42-43H2,1-6H3,(H,50,51)(H,46,47,52). The van der Waals surface area contributed by atoms with E-state index in [9.17, 15) is 14.7 Å². The number of pyridine rings is 1. The number of anilines is 3. The topological polar surface area (TPSA) is 172 Å². The van der Waals surface area contributed by atoms with Crippen LogP contribution in [0.5, 0.6) is 0 Å². The maximum absolute atomic E-state index is 13.6. The zero-order chi connectivity index (χ0) is 38.6. The molecule has 2 amide bonds.